The number of aromatic carboxylic acids is 1. The number of piperidine rings is 2. The molecular formula is C15H22N2O3. The normalized spacial score (nSPS) is 27.8. The van der Waals surface area contributed by atoms with Crippen LogP contribution >= 0.6 is 0 Å². The second kappa shape index (κ2) is 5.58. The predicted octanol–water partition coefficient (Wildman–Crippen LogP) is 1.94. The van der Waals surface area contributed by atoms with Crippen molar-refractivity contribution in [3.63, 3.8) is 0 Å². The number of rotatable bonds is 3. The van der Waals surface area contributed by atoms with Crippen molar-refractivity contribution in [2.45, 2.75) is 32.2 Å². The van der Waals surface area contributed by atoms with E-state index >= 15 is 0 Å². The van der Waals surface area contributed by atoms with Gasteiger partial charge in [0, 0.05) is 13.1 Å². The van der Waals surface area contributed by atoms with E-state index in [1.807, 2.05) is 0 Å². The van der Waals surface area contributed by atoms with Crippen molar-refractivity contribution in [2.24, 2.45) is 5.41 Å². The highest BCUT2D eigenvalue weighted by atomic mass is 16.4. The molecule has 2 aliphatic rings. The van der Waals surface area contributed by atoms with E-state index in [1.54, 1.807) is 12.1 Å². The first-order valence-electron chi connectivity index (χ1n) is 7.42. The molecule has 2 fully saturated rings. The summed E-state index contributed by atoms with van der Waals surface area (Å²) in [5.41, 5.74) is 0.415. The molecule has 2 saturated heterocycles. The Morgan fingerprint density at radius 3 is 2.95 bits per heavy atom. The third kappa shape index (κ3) is 2.88. The van der Waals surface area contributed by atoms with Gasteiger partial charge in [0.05, 0.1) is 6.54 Å². The van der Waals surface area contributed by atoms with Gasteiger partial charge in [-0.1, -0.05) is 0 Å². The van der Waals surface area contributed by atoms with E-state index in [9.17, 15) is 4.79 Å². The molecule has 0 saturated carbocycles. The molecule has 1 unspecified atom stereocenters. The summed E-state index contributed by atoms with van der Waals surface area (Å²) in [6, 6.07) is 3.32. The van der Waals surface area contributed by atoms with Gasteiger partial charge in [-0.25, -0.2) is 4.79 Å². The molecule has 0 bridgehead atoms. The monoisotopic (exact) mass is 278 g/mol. The quantitative estimate of drug-likeness (QED) is 0.884. The van der Waals surface area contributed by atoms with Crippen LogP contribution in [-0.2, 0) is 6.54 Å². The van der Waals surface area contributed by atoms with Crippen molar-refractivity contribution in [1.82, 2.24) is 10.2 Å². The van der Waals surface area contributed by atoms with Crippen LogP contribution in [0.3, 0.4) is 0 Å². The van der Waals surface area contributed by atoms with Gasteiger partial charge in [0.15, 0.2) is 0 Å². The van der Waals surface area contributed by atoms with Crippen molar-refractivity contribution in [3.8, 4) is 0 Å². The Morgan fingerprint density at radius 1 is 1.40 bits per heavy atom. The molecule has 3 heterocycles. The lowest BCUT2D eigenvalue weighted by molar-refractivity contribution is 0.0543. The van der Waals surface area contributed by atoms with E-state index in [-0.39, 0.29) is 5.76 Å². The molecule has 5 heteroatoms. The minimum Gasteiger partial charge on any atom is -0.475 e. The maximum atomic E-state index is 10.8. The third-order valence-electron chi connectivity index (χ3n) is 4.55. The highest BCUT2D eigenvalue weighted by molar-refractivity contribution is 5.84. The van der Waals surface area contributed by atoms with Crippen LogP contribution in [0.15, 0.2) is 16.5 Å². The Labute approximate surface area is 118 Å². The van der Waals surface area contributed by atoms with Crippen LogP contribution < -0.4 is 5.32 Å². The summed E-state index contributed by atoms with van der Waals surface area (Å²) in [5, 5.41) is 12.4. The number of hydrogen-bond acceptors (Lipinski definition) is 4. The molecular weight excluding hydrogens is 256 g/mol. The second-order valence-electron chi connectivity index (χ2n) is 6.17. The average molecular weight is 278 g/mol. The molecule has 0 aliphatic carbocycles. The summed E-state index contributed by atoms with van der Waals surface area (Å²) >= 11 is 0. The molecule has 2 N–H and O–H groups in total. The van der Waals surface area contributed by atoms with E-state index < -0.39 is 5.97 Å². The zero-order valence-electron chi connectivity index (χ0n) is 11.7. The van der Waals surface area contributed by atoms with Crippen molar-refractivity contribution in [3.05, 3.63) is 23.7 Å². The average Bonchev–Trinajstić information content (AvgIpc) is 2.88. The highest BCUT2D eigenvalue weighted by Gasteiger charge is 2.36. The Hall–Kier alpha value is -1.33. The van der Waals surface area contributed by atoms with Crippen LogP contribution in [0.5, 0.6) is 0 Å². The van der Waals surface area contributed by atoms with Gasteiger partial charge in [-0.15, -0.1) is 0 Å². The third-order valence-corrected chi connectivity index (χ3v) is 4.55. The van der Waals surface area contributed by atoms with Crippen molar-refractivity contribution in [2.75, 3.05) is 26.2 Å². The van der Waals surface area contributed by atoms with Crippen LogP contribution in [-0.4, -0.2) is 42.2 Å². The van der Waals surface area contributed by atoms with Crippen LogP contribution in [0.2, 0.25) is 0 Å². The second-order valence-corrected chi connectivity index (χ2v) is 6.17. The van der Waals surface area contributed by atoms with Crippen molar-refractivity contribution >= 4 is 5.97 Å². The molecule has 20 heavy (non-hydrogen) atoms. The Balaban J connectivity index is 1.63. The summed E-state index contributed by atoms with van der Waals surface area (Å²) < 4.78 is 5.37. The first-order valence-corrected chi connectivity index (χ1v) is 7.42. The number of nitrogens with one attached hydrogen (secondary N) is 1. The van der Waals surface area contributed by atoms with Gasteiger partial charge in [0.2, 0.25) is 5.76 Å². The number of hydrogen-bond donors (Lipinski definition) is 2. The highest BCUT2D eigenvalue weighted by Crippen LogP contribution is 2.36. The fourth-order valence-corrected chi connectivity index (χ4v) is 3.62. The molecule has 5 nitrogen and oxygen atoms in total. The maximum Gasteiger partial charge on any atom is 0.371 e. The minimum absolute atomic E-state index is 0.0334. The van der Waals surface area contributed by atoms with E-state index in [1.165, 1.54) is 25.7 Å². The molecule has 110 valence electrons. The number of nitrogens with zero attached hydrogens (tertiary/aromatic N) is 1. The van der Waals surface area contributed by atoms with Gasteiger partial charge in [-0.3, -0.25) is 4.90 Å². The summed E-state index contributed by atoms with van der Waals surface area (Å²) in [6.45, 7) is 5.13. The molecule has 2 aliphatic heterocycles. The van der Waals surface area contributed by atoms with Crippen LogP contribution in [0, 0.1) is 5.41 Å². The number of carbonyl (C=O) groups is 1. The maximum absolute atomic E-state index is 10.8. The number of carboxylic acid groups (broad SMARTS) is 1. The minimum atomic E-state index is -0.997. The zero-order chi connectivity index (χ0) is 14.0. The fourth-order valence-electron chi connectivity index (χ4n) is 3.62. The van der Waals surface area contributed by atoms with Gasteiger partial charge in [-0.05, 0) is 56.3 Å². The van der Waals surface area contributed by atoms with Crippen LogP contribution in [0.4, 0.5) is 0 Å². The summed E-state index contributed by atoms with van der Waals surface area (Å²) in [7, 11) is 0. The zero-order valence-corrected chi connectivity index (χ0v) is 11.7. The standard InChI is InChI=1S/C15H22N2O3/c18-14(19)13-4-3-12(20-13)9-17-8-2-6-15(11-17)5-1-7-16-10-15/h3-4,16H,1-2,5-11H2,(H,18,19). The topological polar surface area (TPSA) is 65.7 Å². The molecule has 1 aromatic rings. The van der Waals surface area contributed by atoms with Crippen molar-refractivity contribution < 1.29 is 14.3 Å². The Kier molecular flexibility index (Phi) is 3.81. The lowest BCUT2D eigenvalue weighted by Gasteiger charge is -2.45. The smallest absolute Gasteiger partial charge is 0.371 e. The molecule has 0 aromatic carbocycles. The largest absolute Gasteiger partial charge is 0.475 e. The van der Waals surface area contributed by atoms with E-state index in [0.29, 0.717) is 5.41 Å². The predicted molar refractivity (Wildman–Crippen MR) is 74.7 cm³/mol. The Morgan fingerprint density at radius 2 is 2.25 bits per heavy atom. The molecule has 0 radical (unpaired) electrons. The number of likely N-dealkylation sites (tertiary alicyclic amines) is 1. The van der Waals surface area contributed by atoms with Gasteiger partial charge >= 0.3 is 5.97 Å². The first kappa shape index (κ1) is 13.6. The summed E-state index contributed by atoms with van der Waals surface area (Å²) in [6.07, 6.45) is 5.08. The summed E-state index contributed by atoms with van der Waals surface area (Å²) in [5.74, 6) is -0.211. The van der Waals surface area contributed by atoms with Crippen LogP contribution in [0.1, 0.15) is 42.0 Å². The van der Waals surface area contributed by atoms with Crippen LogP contribution in [0.25, 0.3) is 0 Å². The molecule has 1 aromatic heterocycles. The first-order chi connectivity index (χ1) is 9.67. The van der Waals surface area contributed by atoms with E-state index in [4.69, 9.17) is 9.52 Å². The van der Waals surface area contributed by atoms with E-state index in [0.717, 1.165) is 38.5 Å². The lowest BCUT2D eigenvalue weighted by Crippen LogP contribution is -2.50. The summed E-state index contributed by atoms with van der Waals surface area (Å²) in [4.78, 5) is 13.2. The SMILES string of the molecule is O=C(O)c1ccc(CN2CCCC3(CCCNC3)C2)o1. The van der Waals surface area contributed by atoms with Gasteiger partial charge in [0.1, 0.15) is 5.76 Å². The van der Waals surface area contributed by atoms with Gasteiger partial charge < -0.3 is 14.8 Å². The number of carboxylic acids is 1. The van der Waals surface area contributed by atoms with E-state index in [2.05, 4.69) is 10.2 Å². The molecule has 1 atom stereocenters. The molecule has 1 spiro atoms. The van der Waals surface area contributed by atoms with Gasteiger partial charge in [-0.2, -0.15) is 0 Å². The Bertz CT molecular complexity index is 472. The molecule has 0 amide bonds. The molecule has 3 rings (SSSR count). The van der Waals surface area contributed by atoms with Crippen molar-refractivity contribution in [1.29, 1.82) is 0 Å². The van der Waals surface area contributed by atoms with Gasteiger partial charge in [0.25, 0.3) is 0 Å². The fraction of sp³-hybridized carbons (Fsp3) is 0.667. The lowest BCUT2D eigenvalue weighted by atomic mass is 9.74. The number of furan rings is 1.